The molecule has 0 unspecified atom stereocenters. The highest BCUT2D eigenvalue weighted by Gasteiger charge is 2.22. The molecule has 90 valence electrons. The summed E-state index contributed by atoms with van der Waals surface area (Å²) in [5.74, 6) is 0.600. The fourth-order valence-corrected chi connectivity index (χ4v) is 3.00. The van der Waals surface area contributed by atoms with E-state index in [9.17, 15) is 0 Å². The molecule has 0 atom stereocenters. The van der Waals surface area contributed by atoms with E-state index in [0.29, 0.717) is 5.88 Å². The number of rotatable bonds is 4. The van der Waals surface area contributed by atoms with Crippen molar-refractivity contribution in [2.75, 3.05) is 0 Å². The van der Waals surface area contributed by atoms with E-state index in [2.05, 4.69) is 55.8 Å². The summed E-state index contributed by atoms with van der Waals surface area (Å²) in [7, 11) is 0. The number of benzene rings is 1. The van der Waals surface area contributed by atoms with Gasteiger partial charge in [-0.1, -0.05) is 49.7 Å². The SMILES string of the molecule is CCc1cc(Br)c(C(C)(C)CC)cc1CCl. The molecule has 0 aliphatic carbocycles. The highest BCUT2D eigenvalue weighted by Crippen LogP contribution is 2.35. The highest BCUT2D eigenvalue weighted by atomic mass is 79.9. The minimum atomic E-state index is 0.200. The third-order valence-electron chi connectivity index (χ3n) is 3.43. The topological polar surface area (TPSA) is 0 Å². The van der Waals surface area contributed by atoms with E-state index in [-0.39, 0.29) is 5.41 Å². The standard InChI is InChI=1S/C14H20BrCl/c1-5-10-8-13(15)12(7-11(10)9-16)14(3,4)6-2/h7-8H,5-6,9H2,1-4H3. The molecule has 0 nitrogen and oxygen atoms in total. The lowest BCUT2D eigenvalue weighted by Crippen LogP contribution is -2.17. The van der Waals surface area contributed by atoms with Gasteiger partial charge in [-0.25, -0.2) is 0 Å². The lowest BCUT2D eigenvalue weighted by Gasteiger charge is -2.26. The predicted octanol–water partition coefficient (Wildman–Crippen LogP) is 5.44. The summed E-state index contributed by atoms with van der Waals surface area (Å²) in [5.41, 5.74) is 4.18. The minimum Gasteiger partial charge on any atom is -0.122 e. The van der Waals surface area contributed by atoms with Crippen molar-refractivity contribution in [2.45, 2.75) is 51.8 Å². The number of alkyl halides is 1. The van der Waals surface area contributed by atoms with Crippen LogP contribution in [-0.4, -0.2) is 0 Å². The summed E-state index contributed by atoms with van der Waals surface area (Å²) in [6.07, 6.45) is 2.16. The summed E-state index contributed by atoms with van der Waals surface area (Å²) in [4.78, 5) is 0. The second kappa shape index (κ2) is 5.55. The normalized spacial score (nSPS) is 11.9. The Labute approximate surface area is 113 Å². The lowest BCUT2D eigenvalue weighted by molar-refractivity contribution is 0.503. The molecule has 0 aliphatic rings. The molecule has 0 aliphatic heterocycles. The van der Waals surface area contributed by atoms with Gasteiger partial charge < -0.3 is 0 Å². The van der Waals surface area contributed by atoms with E-state index in [1.165, 1.54) is 21.2 Å². The van der Waals surface area contributed by atoms with Crippen LogP contribution in [0.15, 0.2) is 16.6 Å². The largest absolute Gasteiger partial charge is 0.122 e. The zero-order valence-electron chi connectivity index (χ0n) is 10.5. The number of hydrogen-bond acceptors (Lipinski definition) is 0. The summed E-state index contributed by atoms with van der Waals surface area (Å²) >= 11 is 9.70. The van der Waals surface area contributed by atoms with Gasteiger partial charge in [0, 0.05) is 10.4 Å². The average Bonchev–Trinajstić information content (AvgIpc) is 2.28. The third-order valence-corrected chi connectivity index (χ3v) is 4.37. The molecule has 2 heteroatoms. The van der Waals surface area contributed by atoms with Gasteiger partial charge in [-0.15, -0.1) is 11.6 Å². The zero-order valence-corrected chi connectivity index (χ0v) is 12.9. The zero-order chi connectivity index (χ0) is 12.3. The molecule has 0 heterocycles. The van der Waals surface area contributed by atoms with Crippen molar-refractivity contribution >= 4 is 27.5 Å². The molecule has 1 aromatic rings. The lowest BCUT2D eigenvalue weighted by atomic mass is 9.81. The van der Waals surface area contributed by atoms with Gasteiger partial charge in [-0.2, -0.15) is 0 Å². The van der Waals surface area contributed by atoms with Crippen LogP contribution in [0.1, 0.15) is 50.8 Å². The van der Waals surface area contributed by atoms with E-state index in [1.54, 1.807) is 0 Å². The molecule has 0 bridgehead atoms. The van der Waals surface area contributed by atoms with Crippen LogP contribution in [0.4, 0.5) is 0 Å². The van der Waals surface area contributed by atoms with Crippen LogP contribution >= 0.6 is 27.5 Å². The smallest absolute Gasteiger partial charge is 0.0476 e. The molecule has 1 aromatic carbocycles. The van der Waals surface area contributed by atoms with Gasteiger partial charge in [0.2, 0.25) is 0 Å². The van der Waals surface area contributed by atoms with Crippen molar-refractivity contribution in [1.82, 2.24) is 0 Å². The molecule has 1 rings (SSSR count). The molecule has 0 amide bonds. The Bertz CT molecular complexity index is 369. The Kier molecular flexibility index (Phi) is 4.88. The van der Waals surface area contributed by atoms with Gasteiger partial charge in [-0.05, 0) is 41.0 Å². The maximum atomic E-state index is 6.01. The second-order valence-electron chi connectivity index (χ2n) is 4.83. The van der Waals surface area contributed by atoms with Crippen LogP contribution in [0.3, 0.4) is 0 Å². The molecular formula is C14H20BrCl. The molecule has 16 heavy (non-hydrogen) atoms. The van der Waals surface area contributed by atoms with Crippen LogP contribution in [0.5, 0.6) is 0 Å². The molecule has 0 aromatic heterocycles. The molecule has 0 spiro atoms. The third kappa shape index (κ3) is 2.81. The van der Waals surface area contributed by atoms with E-state index < -0.39 is 0 Å². The van der Waals surface area contributed by atoms with Gasteiger partial charge in [-0.3, -0.25) is 0 Å². The first-order valence-corrected chi connectivity index (χ1v) is 7.16. The van der Waals surface area contributed by atoms with Gasteiger partial charge in [0.1, 0.15) is 0 Å². The van der Waals surface area contributed by atoms with E-state index in [1.807, 2.05) is 0 Å². The number of halogens is 2. The van der Waals surface area contributed by atoms with Crippen LogP contribution in [0.25, 0.3) is 0 Å². The van der Waals surface area contributed by atoms with Gasteiger partial charge in [0.15, 0.2) is 0 Å². The average molecular weight is 304 g/mol. The summed E-state index contributed by atoms with van der Waals surface area (Å²) in [6, 6.07) is 4.49. The van der Waals surface area contributed by atoms with Crippen molar-refractivity contribution in [1.29, 1.82) is 0 Å². The van der Waals surface area contributed by atoms with Crippen molar-refractivity contribution in [2.24, 2.45) is 0 Å². The maximum Gasteiger partial charge on any atom is 0.0476 e. The van der Waals surface area contributed by atoms with Crippen molar-refractivity contribution < 1.29 is 0 Å². The number of aryl methyl sites for hydroxylation is 1. The first-order chi connectivity index (χ1) is 7.46. The number of hydrogen-bond donors (Lipinski definition) is 0. The van der Waals surface area contributed by atoms with Crippen LogP contribution in [-0.2, 0) is 17.7 Å². The van der Waals surface area contributed by atoms with Crippen molar-refractivity contribution in [3.63, 3.8) is 0 Å². The Balaban J connectivity index is 3.32. The van der Waals surface area contributed by atoms with Crippen LogP contribution < -0.4 is 0 Å². The van der Waals surface area contributed by atoms with E-state index >= 15 is 0 Å². The molecule has 0 N–H and O–H groups in total. The fraction of sp³-hybridized carbons (Fsp3) is 0.571. The van der Waals surface area contributed by atoms with E-state index in [0.717, 1.165) is 12.8 Å². The Morgan fingerprint density at radius 3 is 2.25 bits per heavy atom. The summed E-state index contributed by atoms with van der Waals surface area (Å²) in [5, 5.41) is 0. The van der Waals surface area contributed by atoms with Crippen LogP contribution in [0.2, 0.25) is 0 Å². The first-order valence-electron chi connectivity index (χ1n) is 5.84. The van der Waals surface area contributed by atoms with Crippen molar-refractivity contribution in [3.05, 3.63) is 33.3 Å². The maximum absolute atomic E-state index is 6.01. The quantitative estimate of drug-likeness (QED) is 0.650. The summed E-state index contributed by atoms with van der Waals surface area (Å²) < 4.78 is 1.21. The first kappa shape index (κ1) is 14.1. The van der Waals surface area contributed by atoms with Crippen LogP contribution in [0, 0.1) is 0 Å². The van der Waals surface area contributed by atoms with Gasteiger partial charge >= 0.3 is 0 Å². The summed E-state index contributed by atoms with van der Waals surface area (Å²) in [6.45, 7) is 8.94. The Morgan fingerprint density at radius 1 is 1.19 bits per heavy atom. The Morgan fingerprint density at radius 2 is 1.81 bits per heavy atom. The monoisotopic (exact) mass is 302 g/mol. The van der Waals surface area contributed by atoms with Crippen molar-refractivity contribution in [3.8, 4) is 0 Å². The molecule has 0 saturated carbocycles. The van der Waals surface area contributed by atoms with E-state index in [4.69, 9.17) is 11.6 Å². The Hall–Kier alpha value is -0.0100. The molecule has 0 radical (unpaired) electrons. The van der Waals surface area contributed by atoms with Gasteiger partial charge in [0.25, 0.3) is 0 Å². The minimum absolute atomic E-state index is 0.200. The molecular weight excluding hydrogens is 284 g/mol. The predicted molar refractivity (Wildman–Crippen MR) is 76.4 cm³/mol. The van der Waals surface area contributed by atoms with Gasteiger partial charge in [0.05, 0.1) is 0 Å². The second-order valence-corrected chi connectivity index (χ2v) is 5.95. The molecule has 0 fully saturated rings. The fourth-order valence-electron chi connectivity index (χ4n) is 1.82. The molecule has 0 saturated heterocycles. The highest BCUT2D eigenvalue weighted by molar-refractivity contribution is 9.10.